The molecule has 40 heavy (non-hydrogen) atoms. The van der Waals surface area contributed by atoms with Gasteiger partial charge in [0.15, 0.2) is 17.0 Å². The van der Waals surface area contributed by atoms with Crippen LogP contribution >= 0.6 is 11.3 Å². The summed E-state index contributed by atoms with van der Waals surface area (Å²) < 4.78 is 53.3. The number of carbonyl (C=O) groups is 2. The number of anilines is 1. The normalized spacial score (nSPS) is 15.2. The van der Waals surface area contributed by atoms with Crippen LogP contribution in [0.1, 0.15) is 64.2 Å². The molecule has 1 aromatic carbocycles. The number of hydrogen-bond acceptors (Lipinski definition) is 7. The van der Waals surface area contributed by atoms with E-state index in [1.54, 1.807) is 38.1 Å². The summed E-state index contributed by atoms with van der Waals surface area (Å²) in [4.78, 5) is 31.6. The van der Waals surface area contributed by atoms with Crippen molar-refractivity contribution in [2.24, 2.45) is 5.92 Å². The molecule has 0 bridgehead atoms. The summed E-state index contributed by atoms with van der Waals surface area (Å²) in [5.41, 5.74) is 0.153. The number of nitrogens with zero attached hydrogens (tertiary/aromatic N) is 3. The molecule has 0 fully saturated rings. The van der Waals surface area contributed by atoms with Gasteiger partial charge < -0.3 is 14.8 Å². The fourth-order valence-electron chi connectivity index (χ4n) is 4.69. The third-order valence-corrected chi connectivity index (χ3v) is 7.79. The summed E-state index contributed by atoms with van der Waals surface area (Å²) in [6.45, 7) is 5.59. The van der Waals surface area contributed by atoms with Crippen LogP contribution in [-0.4, -0.2) is 39.7 Å². The lowest BCUT2D eigenvalue weighted by Gasteiger charge is -2.18. The SMILES string of the molecule is COc1ccc(-c2cc(C(F)(F)F)n3nc(C(=O)Nc4sc5c(c4C(=O)OC(C)C)CC[C@@H](C)C5)cc3n2)cc1. The largest absolute Gasteiger partial charge is 0.497 e. The quantitative estimate of drug-likeness (QED) is 0.268. The lowest BCUT2D eigenvalue weighted by molar-refractivity contribution is -0.142. The van der Waals surface area contributed by atoms with Gasteiger partial charge in [-0.05, 0) is 74.9 Å². The molecule has 210 valence electrons. The number of nitrogens with one attached hydrogen (secondary N) is 1. The van der Waals surface area contributed by atoms with Crippen molar-refractivity contribution in [3.63, 3.8) is 0 Å². The molecule has 4 aromatic rings. The molecule has 1 aliphatic rings. The predicted octanol–water partition coefficient (Wildman–Crippen LogP) is 6.43. The van der Waals surface area contributed by atoms with Crippen LogP contribution in [0.3, 0.4) is 0 Å². The lowest BCUT2D eigenvalue weighted by atomic mass is 9.88. The molecule has 0 spiro atoms. The van der Waals surface area contributed by atoms with E-state index in [4.69, 9.17) is 9.47 Å². The highest BCUT2D eigenvalue weighted by Gasteiger charge is 2.36. The zero-order valence-corrected chi connectivity index (χ0v) is 23.1. The van der Waals surface area contributed by atoms with Crippen LogP contribution in [0.15, 0.2) is 36.4 Å². The van der Waals surface area contributed by atoms with Crippen molar-refractivity contribution in [2.75, 3.05) is 12.4 Å². The van der Waals surface area contributed by atoms with Gasteiger partial charge in [0.05, 0.1) is 24.5 Å². The maximum atomic E-state index is 14.0. The molecule has 1 N–H and O–H groups in total. The van der Waals surface area contributed by atoms with E-state index in [0.717, 1.165) is 29.3 Å². The Balaban J connectivity index is 1.53. The number of thiophene rings is 1. The lowest BCUT2D eigenvalue weighted by Crippen LogP contribution is -2.19. The fraction of sp³-hybridized carbons (Fsp3) is 0.357. The van der Waals surface area contributed by atoms with E-state index in [1.165, 1.54) is 24.5 Å². The van der Waals surface area contributed by atoms with Gasteiger partial charge >= 0.3 is 12.1 Å². The van der Waals surface area contributed by atoms with E-state index in [2.05, 4.69) is 22.3 Å². The summed E-state index contributed by atoms with van der Waals surface area (Å²) in [7, 11) is 1.49. The average molecular weight is 573 g/mol. The number of halogens is 3. The average Bonchev–Trinajstić information content (AvgIpc) is 3.48. The Hall–Kier alpha value is -3.93. The van der Waals surface area contributed by atoms with Crippen LogP contribution in [-0.2, 0) is 23.8 Å². The number of ether oxygens (including phenoxy) is 2. The fourth-order valence-corrected chi connectivity index (χ4v) is 6.09. The molecule has 3 aromatic heterocycles. The van der Waals surface area contributed by atoms with E-state index in [1.807, 2.05) is 0 Å². The van der Waals surface area contributed by atoms with Gasteiger partial charge in [-0.1, -0.05) is 6.92 Å². The number of esters is 1. The van der Waals surface area contributed by atoms with Crippen molar-refractivity contribution < 1.29 is 32.2 Å². The molecule has 0 saturated heterocycles. The van der Waals surface area contributed by atoms with Crippen LogP contribution in [0.5, 0.6) is 5.75 Å². The molecular formula is C28H27F3N4O4S. The Labute approximate surface area is 232 Å². The highest BCUT2D eigenvalue weighted by molar-refractivity contribution is 7.17. The standard InChI is InChI=1S/C28H27F3N4O4S/c1-14(2)39-27(37)24-18-10-5-15(3)11-21(18)40-26(24)33-25(36)20-13-23-32-19(16-6-8-17(38-4)9-7-16)12-22(28(29,30)31)35(23)34-20/h6-9,12-15H,5,10-11H2,1-4H3,(H,33,36)/t15-/m1/s1. The predicted molar refractivity (Wildman–Crippen MR) is 144 cm³/mol. The van der Waals surface area contributed by atoms with Crippen LogP contribution in [0.2, 0.25) is 0 Å². The first-order valence-corrected chi connectivity index (χ1v) is 13.6. The van der Waals surface area contributed by atoms with Gasteiger partial charge in [-0.25, -0.2) is 14.3 Å². The van der Waals surface area contributed by atoms with Crippen molar-refractivity contribution in [2.45, 2.75) is 52.3 Å². The second-order valence-corrected chi connectivity index (χ2v) is 11.1. The highest BCUT2D eigenvalue weighted by Crippen LogP contribution is 2.40. The third kappa shape index (κ3) is 5.40. The summed E-state index contributed by atoms with van der Waals surface area (Å²) in [5.74, 6) is -0.327. The second kappa shape index (κ2) is 10.6. The monoisotopic (exact) mass is 572 g/mol. The van der Waals surface area contributed by atoms with Gasteiger partial charge in [0, 0.05) is 16.5 Å². The Morgan fingerprint density at radius 2 is 1.90 bits per heavy atom. The summed E-state index contributed by atoms with van der Waals surface area (Å²) in [6.07, 6.45) is -2.79. The van der Waals surface area contributed by atoms with E-state index >= 15 is 0 Å². The van der Waals surface area contributed by atoms with Crippen LogP contribution in [0, 0.1) is 5.92 Å². The Morgan fingerprint density at radius 1 is 1.18 bits per heavy atom. The zero-order chi connectivity index (χ0) is 28.8. The van der Waals surface area contributed by atoms with E-state index in [0.29, 0.717) is 38.7 Å². The number of amides is 1. The second-order valence-electron chi connectivity index (χ2n) is 10.0. The van der Waals surface area contributed by atoms with Gasteiger partial charge in [-0.15, -0.1) is 11.3 Å². The summed E-state index contributed by atoms with van der Waals surface area (Å²) >= 11 is 1.29. The number of hydrogen-bond donors (Lipinski definition) is 1. The van der Waals surface area contributed by atoms with Gasteiger partial charge in [-0.2, -0.15) is 18.3 Å². The number of methoxy groups -OCH3 is 1. The first-order valence-electron chi connectivity index (χ1n) is 12.7. The molecule has 3 heterocycles. The van der Waals surface area contributed by atoms with Crippen molar-refractivity contribution in [1.82, 2.24) is 14.6 Å². The molecule has 0 unspecified atom stereocenters. The number of carbonyl (C=O) groups excluding carboxylic acids is 2. The summed E-state index contributed by atoms with van der Waals surface area (Å²) in [5, 5.41) is 6.96. The van der Waals surface area contributed by atoms with E-state index < -0.39 is 23.7 Å². The van der Waals surface area contributed by atoms with Gasteiger partial charge in [0.1, 0.15) is 10.8 Å². The number of benzene rings is 1. The number of aromatic nitrogens is 3. The van der Waals surface area contributed by atoms with Crippen molar-refractivity contribution in [3.05, 3.63) is 63.8 Å². The third-order valence-electron chi connectivity index (χ3n) is 6.62. The molecule has 0 radical (unpaired) electrons. The molecule has 1 atom stereocenters. The molecular weight excluding hydrogens is 545 g/mol. The zero-order valence-electron chi connectivity index (χ0n) is 22.3. The molecule has 5 rings (SSSR count). The molecule has 8 nitrogen and oxygen atoms in total. The van der Waals surface area contributed by atoms with Gasteiger partial charge in [-0.3, -0.25) is 4.79 Å². The van der Waals surface area contributed by atoms with E-state index in [-0.39, 0.29) is 23.1 Å². The van der Waals surface area contributed by atoms with Crippen LogP contribution in [0.4, 0.5) is 18.2 Å². The first kappa shape index (κ1) is 27.6. The maximum absolute atomic E-state index is 14.0. The summed E-state index contributed by atoms with van der Waals surface area (Å²) in [6, 6.07) is 8.51. The van der Waals surface area contributed by atoms with Crippen molar-refractivity contribution in [3.8, 4) is 17.0 Å². The molecule has 1 amide bonds. The van der Waals surface area contributed by atoms with E-state index in [9.17, 15) is 22.8 Å². The number of fused-ring (bicyclic) bond motifs is 2. The van der Waals surface area contributed by atoms with Crippen LogP contribution in [0.25, 0.3) is 16.9 Å². The Bertz CT molecular complexity index is 1590. The minimum absolute atomic E-state index is 0.0631. The van der Waals surface area contributed by atoms with Gasteiger partial charge in [0.2, 0.25) is 0 Å². The van der Waals surface area contributed by atoms with Gasteiger partial charge in [0.25, 0.3) is 5.91 Å². The molecule has 12 heteroatoms. The smallest absolute Gasteiger partial charge is 0.433 e. The molecule has 0 aliphatic heterocycles. The van der Waals surface area contributed by atoms with Crippen LogP contribution < -0.4 is 10.1 Å². The minimum Gasteiger partial charge on any atom is -0.497 e. The number of rotatable bonds is 6. The number of alkyl halides is 3. The van der Waals surface area contributed by atoms with Crippen molar-refractivity contribution >= 4 is 33.9 Å². The minimum atomic E-state index is -4.76. The molecule has 1 aliphatic carbocycles. The molecule has 0 saturated carbocycles. The Morgan fingerprint density at radius 3 is 2.55 bits per heavy atom. The van der Waals surface area contributed by atoms with Crippen molar-refractivity contribution in [1.29, 1.82) is 0 Å². The highest BCUT2D eigenvalue weighted by atomic mass is 32.1. The maximum Gasteiger partial charge on any atom is 0.433 e. The Kier molecular flexibility index (Phi) is 7.30. The topological polar surface area (TPSA) is 94.8 Å². The first-order chi connectivity index (χ1) is 18.9.